The van der Waals surface area contributed by atoms with Crippen molar-refractivity contribution in [3.63, 3.8) is 0 Å². The summed E-state index contributed by atoms with van der Waals surface area (Å²) < 4.78 is 2.97. The standard InChI is InChI=1S/C17H30N2P/c1-10-16-19-13(15(20-16)17(2,3)4)9-8-11-6-5-7-12(18-10)14(11)19/h10-13,15-16,18,20H,5-9H2,1-4H3/q+1. The van der Waals surface area contributed by atoms with Crippen LogP contribution < -0.4 is 5.32 Å². The number of hydrogen-bond acceptors (Lipinski definition) is 1. The molecule has 0 spiro atoms. The summed E-state index contributed by atoms with van der Waals surface area (Å²) in [5.41, 5.74) is 3.22. The van der Waals surface area contributed by atoms with E-state index in [2.05, 4.69) is 37.6 Å². The highest BCUT2D eigenvalue weighted by Crippen LogP contribution is 2.53. The second kappa shape index (κ2) is 4.53. The first-order valence-electron chi connectivity index (χ1n) is 8.64. The highest BCUT2D eigenvalue weighted by molar-refractivity contribution is 7.40. The Bertz CT molecular complexity index is 450. The molecule has 4 aliphatic rings. The molecule has 0 amide bonds. The van der Waals surface area contributed by atoms with Crippen LogP contribution in [0.1, 0.15) is 59.8 Å². The van der Waals surface area contributed by atoms with Gasteiger partial charge in [0.25, 0.3) is 0 Å². The van der Waals surface area contributed by atoms with E-state index in [0.29, 0.717) is 17.5 Å². The van der Waals surface area contributed by atoms with Gasteiger partial charge in [0.05, 0.1) is 12.1 Å². The molecule has 3 aliphatic heterocycles. The van der Waals surface area contributed by atoms with Gasteiger partial charge in [-0.25, -0.2) is 4.58 Å². The van der Waals surface area contributed by atoms with Crippen LogP contribution in [0, 0.1) is 11.3 Å². The zero-order valence-corrected chi connectivity index (χ0v) is 14.4. The molecule has 1 N–H and O–H groups in total. The first-order valence-corrected chi connectivity index (χ1v) is 9.79. The Labute approximate surface area is 125 Å². The van der Waals surface area contributed by atoms with Crippen molar-refractivity contribution in [3.8, 4) is 0 Å². The van der Waals surface area contributed by atoms with E-state index in [1.807, 2.05) is 5.71 Å². The lowest BCUT2D eigenvalue weighted by atomic mass is 9.74. The van der Waals surface area contributed by atoms with Crippen molar-refractivity contribution in [1.29, 1.82) is 0 Å². The van der Waals surface area contributed by atoms with Gasteiger partial charge < -0.3 is 0 Å². The van der Waals surface area contributed by atoms with E-state index >= 15 is 0 Å². The first kappa shape index (κ1) is 13.7. The predicted octanol–water partition coefficient (Wildman–Crippen LogP) is 3.20. The van der Waals surface area contributed by atoms with Gasteiger partial charge in [-0.15, -0.1) is 0 Å². The highest BCUT2D eigenvalue weighted by atomic mass is 31.1. The van der Waals surface area contributed by atoms with E-state index in [9.17, 15) is 0 Å². The van der Waals surface area contributed by atoms with E-state index in [1.54, 1.807) is 0 Å². The van der Waals surface area contributed by atoms with Crippen LogP contribution in [-0.2, 0) is 0 Å². The molecule has 1 saturated heterocycles. The average molecular weight is 293 g/mol. The van der Waals surface area contributed by atoms with Crippen LogP contribution in [0.25, 0.3) is 0 Å². The van der Waals surface area contributed by atoms with Crippen LogP contribution in [0.3, 0.4) is 0 Å². The van der Waals surface area contributed by atoms with Gasteiger partial charge in [-0.3, -0.25) is 5.32 Å². The van der Waals surface area contributed by atoms with Crippen molar-refractivity contribution >= 4 is 14.3 Å². The summed E-state index contributed by atoms with van der Waals surface area (Å²) in [6.45, 7) is 9.84. The molecule has 0 radical (unpaired) electrons. The largest absolute Gasteiger partial charge is 0.296 e. The lowest BCUT2D eigenvalue weighted by Crippen LogP contribution is -2.63. The zero-order valence-electron chi connectivity index (χ0n) is 13.4. The van der Waals surface area contributed by atoms with Crippen LogP contribution >= 0.6 is 8.58 Å². The van der Waals surface area contributed by atoms with Gasteiger partial charge in [0.15, 0.2) is 17.5 Å². The second-order valence-electron chi connectivity index (χ2n) is 8.57. The predicted molar refractivity (Wildman–Crippen MR) is 87.4 cm³/mol. The van der Waals surface area contributed by atoms with Gasteiger partial charge in [-0.05, 0) is 40.2 Å². The molecular formula is C17H30N2P+. The molecule has 3 heterocycles. The van der Waals surface area contributed by atoms with Crippen LogP contribution in [0.2, 0.25) is 0 Å². The van der Waals surface area contributed by atoms with E-state index in [1.165, 1.54) is 32.1 Å². The summed E-state index contributed by atoms with van der Waals surface area (Å²) in [5, 5.41) is 3.97. The maximum Gasteiger partial charge on any atom is 0.182 e. The topological polar surface area (TPSA) is 15.0 Å². The quantitative estimate of drug-likeness (QED) is 0.535. The van der Waals surface area contributed by atoms with Crippen molar-refractivity contribution in [2.45, 2.75) is 89.4 Å². The molecule has 4 rings (SSSR count). The Hall–Kier alpha value is 0.0600. The summed E-state index contributed by atoms with van der Waals surface area (Å²) in [5.74, 6) is 1.72. The Morgan fingerprint density at radius 3 is 2.70 bits per heavy atom. The third-order valence-electron chi connectivity index (χ3n) is 6.19. The fraction of sp³-hybridized carbons (Fsp3) is 0.941. The number of rotatable bonds is 0. The average Bonchev–Trinajstić information content (AvgIpc) is 2.78. The molecular weight excluding hydrogens is 263 g/mol. The van der Waals surface area contributed by atoms with Crippen LogP contribution in [0.5, 0.6) is 0 Å². The molecule has 0 aromatic rings. The van der Waals surface area contributed by atoms with Crippen molar-refractivity contribution in [2.75, 3.05) is 0 Å². The molecule has 3 heteroatoms. The lowest BCUT2D eigenvalue weighted by molar-refractivity contribution is -0.588. The first-order chi connectivity index (χ1) is 9.47. The summed E-state index contributed by atoms with van der Waals surface area (Å²) in [6.07, 6.45) is 7.20. The van der Waals surface area contributed by atoms with E-state index in [4.69, 9.17) is 0 Å². The van der Waals surface area contributed by atoms with Gasteiger partial charge in [-0.2, -0.15) is 0 Å². The third kappa shape index (κ3) is 1.87. The lowest BCUT2D eigenvalue weighted by Gasteiger charge is -2.41. The molecule has 112 valence electrons. The zero-order chi connectivity index (χ0) is 14.1. The molecule has 7 unspecified atom stereocenters. The molecule has 1 saturated carbocycles. The van der Waals surface area contributed by atoms with Crippen molar-refractivity contribution < 1.29 is 4.58 Å². The Morgan fingerprint density at radius 1 is 1.15 bits per heavy atom. The van der Waals surface area contributed by atoms with Crippen LogP contribution in [0.4, 0.5) is 0 Å². The molecule has 20 heavy (non-hydrogen) atoms. The molecule has 0 aromatic carbocycles. The number of nitrogens with zero attached hydrogens (tertiary/aromatic N) is 1. The second-order valence-corrected chi connectivity index (χ2v) is 10.1. The molecule has 2 nitrogen and oxygen atoms in total. The minimum Gasteiger partial charge on any atom is -0.296 e. The molecule has 0 bridgehead atoms. The Morgan fingerprint density at radius 2 is 1.95 bits per heavy atom. The van der Waals surface area contributed by atoms with Crippen molar-refractivity contribution in [3.05, 3.63) is 0 Å². The number of nitrogens with one attached hydrogen (secondary N) is 1. The maximum atomic E-state index is 3.97. The minimum atomic E-state index is 0.470. The van der Waals surface area contributed by atoms with Crippen LogP contribution in [0.15, 0.2) is 0 Å². The maximum absolute atomic E-state index is 3.97. The fourth-order valence-electron chi connectivity index (χ4n) is 5.39. The van der Waals surface area contributed by atoms with Crippen molar-refractivity contribution in [1.82, 2.24) is 5.32 Å². The summed E-state index contributed by atoms with van der Waals surface area (Å²) in [7, 11) is 1.12. The summed E-state index contributed by atoms with van der Waals surface area (Å²) >= 11 is 0. The molecule has 0 aromatic heterocycles. The van der Waals surface area contributed by atoms with Gasteiger partial charge in [0.2, 0.25) is 0 Å². The highest BCUT2D eigenvalue weighted by Gasteiger charge is 2.59. The monoisotopic (exact) mass is 293 g/mol. The molecule has 1 aliphatic carbocycles. The normalized spacial score (nSPS) is 48.6. The van der Waals surface area contributed by atoms with Gasteiger partial charge >= 0.3 is 0 Å². The summed E-state index contributed by atoms with van der Waals surface area (Å²) in [4.78, 5) is 0. The SMILES string of the molecule is CC1NC2CCCC3CCC4C(C(C)(C)C)PC1[N+]4=C32. The smallest absolute Gasteiger partial charge is 0.182 e. The minimum absolute atomic E-state index is 0.470. The number of hydrogen-bond donors (Lipinski definition) is 1. The Kier molecular flexibility index (Phi) is 3.10. The van der Waals surface area contributed by atoms with E-state index in [-0.39, 0.29) is 0 Å². The van der Waals surface area contributed by atoms with Crippen molar-refractivity contribution in [2.24, 2.45) is 11.3 Å². The third-order valence-corrected chi connectivity index (χ3v) is 8.92. The van der Waals surface area contributed by atoms with E-state index in [0.717, 1.165) is 32.0 Å². The van der Waals surface area contributed by atoms with E-state index < -0.39 is 0 Å². The van der Waals surface area contributed by atoms with Gasteiger partial charge in [-0.1, -0.05) is 27.2 Å². The van der Waals surface area contributed by atoms with Gasteiger partial charge in [0.1, 0.15) is 0 Å². The molecule has 7 atom stereocenters. The van der Waals surface area contributed by atoms with Gasteiger partial charge in [0, 0.05) is 18.0 Å². The van der Waals surface area contributed by atoms with Crippen LogP contribution in [-0.4, -0.2) is 39.9 Å². The Balaban J connectivity index is 1.80. The molecule has 2 fully saturated rings. The summed E-state index contributed by atoms with van der Waals surface area (Å²) in [6, 6.07) is 2.26. The fourth-order valence-corrected chi connectivity index (χ4v) is 7.70.